The van der Waals surface area contributed by atoms with E-state index >= 15 is 0 Å². The van der Waals surface area contributed by atoms with E-state index in [1.165, 1.54) is 10.9 Å². The fourth-order valence-corrected chi connectivity index (χ4v) is 2.55. The number of hydrogen-bond donors (Lipinski definition) is 0. The van der Waals surface area contributed by atoms with Gasteiger partial charge in [-0.1, -0.05) is 6.07 Å². The zero-order valence-corrected chi connectivity index (χ0v) is 13.4. The summed E-state index contributed by atoms with van der Waals surface area (Å²) in [5, 5.41) is 12.3. The van der Waals surface area contributed by atoms with Crippen LogP contribution in [0.15, 0.2) is 18.2 Å². The van der Waals surface area contributed by atoms with Gasteiger partial charge in [0, 0.05) is 26.7 Å². The molecule has 24 heavy (non-hydrogen) atoms. The predicted molar refractivity (Wildman–Crippen MR) is 80.0 cm³/mol. The lowest BCUT2D eigenvalue weighted by Crippen LogP contribution is -2.38. The Balaban J connectivity index is 1.61. The minimum atomic E-state index is -0.838. The average Bonchev–Trinajstić information content (AvgIpc) is 3.06. The molecule has 9 heteroatoms. The molecule has 0 N–H and O–H groups in total. The second kappa shape index (κ2) is 7.73. The number of ether oxygens (including phenoxy) is 2. The first-order chi connectivity index (χ1) is 11.7. The first kappa shape index (κ1) is 16.9. The normalized spacial score (nSPS) is 18.9. The summed E-state index contributed by atoms with van der Waals surface area (Å²) in [5.74, 6) is -1.16. The molecule has 1 saturated heterocycles. The molecular weight excluding hydrogens is 320 g/mol. The van der Waals surface area contributed by atoms with Crippen LogP contribution in [-0.4, -0.2) is 58.5 Å². The zero-order valence-electron chi connectivity index (χ0n) is 13.4. The van der Waals surface area contributed by atoms with E-state index in [9.17, 15) is 8.78 Å². The van der Waals surface area contributed by atoms with Gasteiger partial charge in [-0.3, -0.25) is 4.90 Å². The van der Waals surface area contributed by atoms with Crippen LogP contribution in [0.1, 0.15) is 17.5 Å². The van der Waals surface area contributed by atoms with Gasteiger partial charge in [-0.15, -0.1) is 10.2 Å². The van der Waals surface area contributed by atoms with Crippen molar-refractivity contribution in [1.82, 2.24) is 25.1 Å². The topological polar surface area (TPSA) is 65.3 Å². The highest BCUT2D eigenvalue weighted by Gasteiger charge is 2.26. The van der Waals surface area contributed by atoms with Crippen molar-refractivity contribution in [2.24, 2.45) is 0 Å². The van der Waals surface area contributed by atoms with Gasteiger partial charge in [0.25, 0.3) is 0 Å². The van der Waals surface area contributed by atoms with Crippen LogP contribution in [0.2, 0.25) is 0 Å². The number of rotatable bonds is 6. The molecule has 1 aliphatic heterocycles. The van der Waals surface area contributed by atoms with Crippen LogP contribution in [0.5, 0.6) is 0 Å². The SMILES string of the molecule is COCCn1nnc(C2CN(Cc3ccc(F)c(F)c3)CCO2)n1. The van der Waals surface area contributed by atoms with E-state index in [2.05, 4.69) is 20.3 Å². The fraction of sp³-hybridized carbons (Fsp3) is 0.533. The molecule has 1 atom stereocenters. The standard InChI is InChI=1S/C15H19F2N5O2/c1-23-6-5-22-19-15(18-20-22)14-10-21(4-7-24-14)9-11-2-3-12(16)13(17)8-11/h2-3,8,14H,4-7,9-10H2,1H3. The van der Waals surface area contributed by atoms with Crippen LogP contribution < -0.4 is 0 Å². The van der Waals surface area contributed by atoms with Crippen LogP contribution in [0.4, 0.5) is 8.78 Å². The van der Waals surface area contributed by atoms with Crippen LogP contribution in [0.3, 0.4) is 0 Å². The molecule has 1 aliphatic rings. The van der Waals surface area contributed by atoms with Gasteiger partial charge < -0.3 is 9.47 Å². The Bertz CT molecular complexity index is 682. The first-order valence-electron chi connectivity index (χ1n) is 7.70. The highest BCUT2D eigenvalue weighted by atomic mass is 19.2. The zero-order chi connectivity index (χ0) is 16.9. The Morgan fingerprint density at radius 2 is 2.21 bits per heavy atom. The molecule has 1 fully saturated rings. The lowest BCUT2D eigenvalue weighted by molar-refractivity contribution is -0.0374. The second-order valence-electron chi connectivity index (χ2n) is 5.58. The van der Waals surface area contributed by atoms with Crippen molar-refractivity contribution in [3.05, 3.63) is 41.2 Å². The van der Waals surface area contributed by atoms with E-state index in [1.807, 2.05) is 0 Å². The summed E-state index contributed by atoms with van der Waals surface area (Å²) >= 11 is 0. The number of hydrogen-bond acceptors (Lipinski definition) is 6. The maximum atomic E-state index is 13.3. The summed E-state index contributed by atoms with van der Waals surface area (Å²) in [6.45, 7) is 3.32. The van der Waals surface area contributed by atoms with Gasteiger partial charge in [-0.05, 0) is 22.9 Å². The molecule has 7 nitrogen and oxygen atoms in total. The Labute approximate surface area is 138 Å². The number of tetrazole rings is 1. The Morgan fingerprint density at radius 1 is 1.33 bits per heavy atom. The van der Waals surface area contributed by atoms with Gasteiger partial charge in [0.2, 0.25) is 5.82 Å². The minimum absolute atomic E-state index is 0.291. The lowest BCUT2D eigenvalue weighted by Gasteiger charge is -2.31. The molecule has 0 radical (unpaired) electrons. The lowest BCUT2D eigenvalue weighted by atomic mass is 10.1. The van der Waals surface area contributed by atoms with Gasteiger partial charge in [0.15, 0.2) is 11.6 Å². The van der Waals surface area contributed by atoms with Crippen molar-refractivity contribution < 1.29 is 18.3 Å². The third-order valence-electron chi connectivity index (χ3n) is 3.79. The maximum Gasteiger partial charge on any atom is 0.204 e. The molecule has 0 spiro atoms. The third kappa shape index (κ3) is 4.11. The molecule has 0 aliphatic carbocycles. The minimum Gasteiger partial charge on any atom is -0.383 e. The highest BCUT2D eigenvalue weighted by Crippen LogP contribution is 2.20. The molecular formula is C15H19F2N5O2. The molecule has 2 aromatic rings. The number of morpholine rings is 1. The van der Waals surface area contributed by atoms with Crippen LogP contribution in [0.25, 0.3) is 0 Å². The van der Waals surface area contributed by atoms with E-state index in [1.54, 1.807) is 13.2 Å². The highest BCUT2D eigenvalue weighted by molar-refractivity contribution is 5.17. The van der Waals surface area contributed by atoms with E-state index in [-0.39, 0.29) is 6.10 Å². The van der Waals surface area contributed by atoms with Gasteiger partial charge in [-0.2, -0.15) is 4.80 Å². The van der Waals surface area contributed by atoms with Crippen molar-refractivity contribution in [2.75, 3.05) is 33.4 Å². The van der Waals surface area contributed by atoms with Gasteiger partial charge in [0.05, 0.1) is 19.8 Å². The molecule has 130 valence electrons. The largest absolute Gasteiger partial charge is 0.383 e. The predicted octanol–water partition coefficient (Wildman–Crippen LogP) is 1.17. The van der Waals surface area contributed by atoms with Gasteiger partial charge in [-0.25, -0.2) is 8.78 Å². The Morgan fingerprint density at radius 3 is 3.00 bits per heavy atom. The molecule has 0 bridgehead atoms. The maximum absolute atomic E-state index is 13.3. The summed E-state index contributed by atoms with van der Waals surface area (Å²) in [6.07, 6.45) is -0.291. The van der Waals surface area contributed by atoms with E-state index < -0.39 is 11.6 Å². The smallest absolute Gasteiger partial charge is 0.204 e. The average molecular weight is 339 g/mol. The summed E-state index contributed by atoms with van der Waals surface area (Å²) in [4.78, 5) is 3.56. The number of methoxy groups -OCH3 is 1. The molecule has 3 rings (SSSR count). The van der Waals surface area contributed by atoms with Crippen molar-refractivity contribution in [1.29, 1.82) is 0 Å². The van der Waals surface area contributed by atoms with E-state index in [0.29, 0.717) is 50.8 Å². The molecule has 0 amide bonds. The van der Waals surface area contributed by atoms with Crippen molar-refractivity contribution in [2.45, 2.75) is 19.2 Å². The number of nitrogens with zero attached hydrogens (tertiary/aromatic N) is 5. The molecule has 1 unspecified atom stereocenters. The number of aromatic nitrogens is 4. The van der Waals surface area contributed by atoms with Gasteiger partial charge in [0.1, 0.15) is 6.10 Å². The molecule has 1 aromatic carbocycles. The fourth-order valence-electron chi connectivity index (χ4n) is 2.55. The quantitative estimate of drug-likeness (QED) is 0.787. The van der Waals surface area contributed by atoms with Crippen molar-refractivity contribution in [3.8, 4) is 0 Å². The molecule has 2 heterocycles. The first-order valence-corrected chi connectivity index (χ1v) is 7.70. The summed E-state index contributed by atoms with van der Waals surface area (Å²) in [5.41, 5.74) is 0.714. The number of halogens is 2. The van der Waals surface area contributed by atoms with Crippen LogP contribution >= 0.6 is 0 Å². The van der Waals surface area contributed by atoms with E-state index in [0.717, 1.165) is 6.07 Å². The van der Waals surface area contributed by atoms with Crippen LogP contribution in [-0.2, 0) is 22.6 Å². The molecule has 0 saturated carbocycles. The Kier molecular flexibility index (Phi) is 5.44. The summed E-state index contributed by atoms with van der Waals surface area (Å²) in [6, 6.07) is 3.95. The van der Waals surface area contributed by atoms with E-state index in [4.69, 9.17) is 9.47 Å². The summed E-state index contributed by atoms with van der Waals surface area (Å²) in [7, 11) is 1.61. The van der Waals surface area contributed by atoms with Crippen LogP contribution in [0, 0.1) is 11.6 Å². The van der Waals surface area contributed by atoms with Crippen molar-refractivity contribution in [3.63, 3.8) is 0 Å². The van der Waals surface area contributed by atoms with Crippen molar-refractivity contribution >= 4 is 0 Å². The third-order valence-corrected chi connectivity index (χ3v) is 3.79. The monoisotopic (exact) mass is 339 g/mol. The van der Waals surface area contributed by atoms with Gasteiger partial charge >= 0.3 is 0 Å². The summed E-state index contributed by atoms with van der Waals surface area (Å²) < 4.78 is 37.0. The Hall–Kier alpha value is -1.97. The molecule has 1 aromatic heterocycles. The second-order valence-corrected chi connectivity index (χ2v) is 5.58. The number of benzene rings is 1.